The molecule has 1 aliphatic heterocycles. The molecule has 4 heterocycles. The SMILES string of the molecule is Cc1nn(-c2ccccc2)c2ncc3cc4c(nc3c12)CCN(Cc1ccccc1)C4. The predicted molar refractivity (Wildman–Crippen MR) is 123 cm³/mol. The summed E-state index contributed by atoms with van der Waals surface area (Å²) in [5, 5.41) is 6.93. The van der Waals surface area contributed by atoms with E-state index in [1.165, 1.54) is 16.8 Å². The Hall–Kier alpha value is -3.57. The Kier molecular flexibility index (Phi) is 4.28. The van der Waals surface area contributed by atoms with E-state index in [1.54, 1.807) is 0 Å². The van der Waals surface area contributed by atoms with Gasteiger partial charge in [0.25, 0.3) is 0 Å². The van der Waals surface area contributed by atoms with Crippen LogP contribution in [0.1, 0.15) is 22.5 Å². The van der Waals surface area contributed by atoms with Gasteiger partial charge < -0.3 is 0 Å². The third-order valence-corrected chi connectivity index (χ3v) is 6.13. The van der Waals surface area contributed by atoms with Crippen molar-refractivity contribution in [1.29, 1.82) is 0 Å². The summed E-state index contributed by atoms with van der Waals surface area (Å²) in [6, 6.07) is 23.1. The number of aryl methyl sites for hydroxylation is 1. The van der Waals surface area contributed by atoms with E-state index in [1.807, 2.05) is 36.0 Å². The van der Waals surface area contributed by atoms with Gasteiger partial charge in [0.2, 0.25) is 0 Å². The highest BCUT2D eigenvalue weighted by atomic mass is 15.3. The smallest absolute Gasteiger partial charge is 0.165 e. The Balaban J connectivity index is 1.41. The molecule has 5 heteroatoms. The van der Waals surface area contributed by atoms with Crippen LogP contribution in [-0.2, 0) is 19.5 Å². The molecular formula is C26H23N5. The minimum Gasteiger partial charge on any atom is -0.294 e. The van der Waals surface area contributed by atoms with Gasteiger partial charge in [-0.25, -0.2) is 9.67 Å². The molecule has 0 atom stereocenters. The van der Waals surface area contributed by atoms with Crippen molar-refractivity contribution in [3.05, 3.63) is 95.4 Å². The summed E-state index contributed by atoms with van der Waals surface area (Å²) in [5.41, 5.74) is 7.73. The van der Waals surface area contributed by atoms with E-state index >= 15 is 0 Å². The highest BCUT2D eigenvalue weighted by Gasteiger charge is 2.21. The second kappa shape index (κ2) is 7.29. The van der Waals surface area contributed by atoms with Crippen LogP contribution in [-0.4, -0.2) is 31.2 Å². The number of nitrogens with zero attached hydrogens (tertiary/aromatic N) is 5. The summed E-state index contributed by atoms with van der Waals surface area (Å²) in [6.45, 7) is 4.97. The summed E-state index contributed by atoms with van der Waals surface area (Å²) >= 11 is 0. The lowest BCUT2D eigenvalue weighted by molar-refractivity contribution is 0.244. The largest absolute Gasteiger partial charge is 0.294 e. The van der Waals surface area contributed by atoms with E-state index in [2.05, 4.69) is 53.4 Å². The molecule has 3 aromatic heterocycles. The fraction of sp³-hybridized carbons (Fsp3) is 0.192. The minimum absolute atomic E-state index is 0.866. The van der Waals surface area contributed by atoms with Gasteiger partial charge in [-0.05, 0) is 36.2 Å². The second-order valence-corrected chi connectivity index (χ2v) is 8.27. The lowest BCUT2D eigenvalue weighted by atomic mass is 10.0. The molecule has 152 valence electrons. The summed E-state index contributed by atoms with van der Waals surface area (Å²) in [6.07, 6.45) is 2.91. The first kappa shape index (κ1) is 18.2. The normalized spacial score (nSPS) is 14.2. The molecule has 6 rings (SSSR count). The van der Waals surface area contributed by atoms with Gasteiger partial charge in [-0.2, -0.15) is 5.10 Å². The number of pyridine rings is 2. The summed E-state index contributed by atoms with van der Waals surface area (Å²) < 4.78 is 1.92. The molecule has 0 radical (unpaired) electrons. The lowest BCUT2D eigenvalue weighted by Crippen LogP contribution is -2.30. The molecule has 5 nitrogen and oxygen atoms in total. The molecule has 0 N–H and O–H groups in total. The maximum absolute atomic E-state index is 5.13. The number of aromatic nitrogens is 4. The van der Waals surface area contributed by atoms with Crippen LogP contribution in [0, 0.1) is 6.92 Å². The van der Waals surface area contributed by atoms with E-state index in [0.29, 0.717) is 0 Å². The predicted octanol–water partition coefficient (Wildman–Crippen LogP) is 4.84. The zero-order chi connectivity index (χ0) is 20.8. The summed E-state index contributed by atoms with van der Waals surface area (Å²) in [5.74, 6) is 0. The first-order valence-corrected chi connectivity index (χ1v) is 10.7. The van der Waals surface area contributed by atoms with E-state index in [9.17, 15) is 0 Å². The molecule has 0 bridgehead atoms. The van der Waals surface area contributed by atoms with Crippen LogP contribution in [0.3, 0.4) is 0 Å². The van der Waals surface area contributed by atoms with Crippen molar-refractivity contribution in [3.8, 4) is 5.69 Å². The van der Waals surface area contributed by atoms with Crippen molar-refractivity contribution in [2.24, 2.45) is 0 Å². The molecule has 2 aromatic carbocycles. The number of benzene rings is 2. The van der Waals surface area contributed by atoms with Crippen molar-refractivity contribution in [3.63, 3.8) is 0 Å². The first-order valence-electron chi connectivity index (χ1n) is 10.7. The van der Waals surface area contributed by atoms with E-state index in [4.69, 9.17) is 15.1 Å². The molecule has 0 amide bonds. The maximum atomic E-state index is 5.13. The van der Waals surface area contributed by atoms with Crippen LogP contribution in [0.4, 0.5) is 0 Å². The molecular weight excluding hydrogens is 382 g/mol. The molecule has 1 aliphatic rings. The summed E-state index contributed by atoms with van der Waals surface area (Å²) in [7, 11) is 0. The lowest BCUT2D eigenvalue weighted by Gasteiger charge is -2.28. The van der Waals surface area contributed by atoms with Crippen molar-refractivity contribution >= 4 is 21.9 Å². The topological polar surface area (TPSA) is 46.8 Å². The monoisotopic (exact) mass is 405 g/mol. The third-order valence-electron chi connectivity index (χ3n) is 6.13. The Bertz CT molecular complexity index is 1390. The van der Waals surface area contributed by atoms with Gasteiger partial charge in [0.1, 0.15) is 0 Å². The fourth-order valence-corrected chi connectivity index (χ4v) is 4.61. The third kappa shape index (κ3) is 3.18. The van der Waals surface area contributed by atoms with E-state index < -0.39 is 0 Å². The number of rotatable bonds is 3. The van der Waals surface area contributed by atoms with E-state index in [0.717, 1.165) is 59.4 Å². The number of hydrogen-bond acceptors (Lipinski definition) is 4. The molecule has 0 saturated carbocycles. The maximum Gasteiger partial charge on any atom is 0.165 e. The number of fused-ring (bicyclic) bond motifs is 4. The molecule has 0 spiro atoms. The van der Waals surface area contributed by atoms with Gasteiger partial charge in [-0.3, -0.25) is 9.88 Å². The highest BCUT2D eigenvalue weighted by Crippen LogP contribution is 2.30. The quantitative estimate of drug-likeness (QED) is 0.431. The molecule has 31 heavy (non-hydrogen) atoms. The first-order chi connectivity index (χ1) is 15.3. The van der Waals surface area contributed by atoms with Crippen molar-refractivity contribution in [2.45, 2.75) is 26.4 Å². The zero-order valence-electron chi connectivity index (χ0n) is 17.5. The minimum atomic E-state index is 0.866. The highest BCUT2D eigenvalue weighted by molar-refractivity contribution is 6.03. The van der Waals surface area contributed by atoms with Gasteiger partial charge in [0, 0.05) is 43.3 Å². The van der Waals surface area contributed by atoms with Crippen molar-refractivity contribution in [2.75, 3.05) is 6.54 Å². The summed E-state index contributed by atoms with van der Waals surface area (Å²) in [4.78, 5) is 12.4. The fourth-order valence-electron chi connectivity index (χ4n) is 4.61. The average Bonchev–Trinajstić information content (AvgIpc) is 3.16. The molecule has 0 fully saturated rings. The standard InChI is InChI=1S/C26H23N5/c1-18-24-25-20(15-27-26(24)31(29-18)22-10-6-3-7-11-22)14-21-17-30(13-12-23(21)28-25)16-19-8-4-2-5-9-19/h2-11,14-15H,12-13,16-17H2,1H3. The van der Waals surface area contributed by atoms with Crippen LogP contribution < -0.4 is 0 Å². The average molecular weight is 406 g/mol. The van der Waals surface area contributed by atoms with Crippen LogP contribution in [0.5, 0.6) is 0 Å². The number of para-hydroxylation sites is 1. The van der Waals surface area contributed by atoms with Crippen LogP contribution >= 0.6 is 0 Å². The van der Waals surface area contributed by atoms with Gasteiger partial charge in [0.05, 0.1) is 22.3 Å². The van der Waals surface area contributed by atoms with Crippen molar-refractivity contribution in [1.82, 2.24) is 24.6 Å². The Morgan fingerprint density at radius 2 is 1.74 bits per heavy atom. The molecule has 0 aliphatic carbocycles. The van der Waals surface area contributed by atoms with Gasteiger partial charge in [0.15, 0.2) is 5.65 Å². The van der Waals surface area contributed by atoms with Gasteiger partial charge in [-0.15, -0.1) is 0 Å². The molecule has 0 unspecified atom stereocenters. The Labute approximate surface area is 181 Å². The molecule has 5 aromatic rings. The number of hydrogen-bond donors (Lipinski definition) is 0. The van der Waals surface area contributed by atoms with Crippen LogP contribution in [0.15, 0.2) is 72.9 Å². The van der Waals surface area contributed by atoms with Crippen LogP contribution in [0.25, 0.3) is 27.6 Å². The zero-order valence-corrected chi connectivity index (χ0v) is 17.5. The van der Waals surface area contributed by atoms with Crippen LogP contribution in [0.2, 0.25) is 0 Å². The molecule has 0 saturated heterocycles. The van der Waals surface area contributed by atoms with Crippen molar-refractivity contribution < 1.29 is 0 Å². The Morgan fingerprint density at radius 1 is 0.968 bits per heavy atom. The van der Waals surface area contributed by atoms with Gasteiger partial charge in [-0.1, -0.05) is 48.5 Å². The van der Waals surface area contributed by atoms with Gasteiger partial charge >= 0.3 is 0 Å². The second-order valence-electron chi connectivity index (χ2n) is 8.27. The van der Waals surface area contributed by atoms with E-state index in [-0.39, 0.29) is 0 Å². The Morgan fingerprint density at radius 3 is 2.55 bits per heavy atom.